The van der Waals surface area contributed by atoms with E-state index in [-0.39, 0.29) is 5.91 Å². The van der Waals surface area contributed by atoms with E-state index in [1.54, 1.807) is 0 Å². The van der Waals surface area contributed by atoms with E-state index in [9.17, 15) is 4.79 Å². The number of amides is 1. The van der Waals surface area contributed by atoms with E-state index in [0.717, 1.165) is 45.9 Å². The van der Waals surface area contributed by atoms with E-state index in [4.69, 9.17) is 4.74 Å². The zero-order chi connectivity index (χ0) is 15.4. The number of carbonyl (C=O) groups is 1. The minimum Gasteiger partial charge on any atom is -0.379 e. The van der Waals surface area contributed by atoms with Gasteiger partial charge in [-0.3, -0.25) is 14.6 Å². The molecule has 0 unspecified atom stereocenters. The molecule has 5 heteroatoms. The van der Waals surface area contributed by atoms with Crippen molar-refractivity contribution in [2.24, 2.45) is 0 Å². The molecule has 0 aromatic heterocycles. The third-order valence-corrected chi connectivity index (χ3v) is 4.65. The third kappa shape index (κ3) is 3.66. The van der Waals surface area contributed by atoms with Crippen molar-refractivity contribution in [1.29, 1.82) is 0 Å². The molecule has 22 heavy (non-hydrogen) atoms. The molecule has 2 aliphatic heterocycles. The molecule has 2 aliphatic rings. The van der Waals surface area contributed by atoms with Gasteiger partial charge in [0.1, 0.15) is 0 Å². The first-order valence-corrected chi connectivity index (χ1v) is 8.07. The van der Waals surface area contributed by atoms with Gasteiger partial charge in [-0.1, -0.05) is 30.3 Å². The quantitative estimate of drug-likeness (QED) is 0.829. The van der Waals surface area contributed by atoms with Crippen molar-refractivity contribution in [1.82, 2.24) is 14.7 Å². The molecule has 3 rings (SSSR count). The summed E-state index contributed by atoms with van der Waals surface area (Å²) in [4.78, 5) is 19.1. The molecule has 1 amide bonds. The van der Waals surface area contributed by atoms with Gasteiger partial charge in [0, 0.05) is 32.7 Å². The molecule has 2 saturated heterocycles. The summed E-state index contributed by atoms with van der Waals surface area (Å²) in [5, 5.41) is 0. The fraction of sp³-hybridized carbons (Fsp3) is 0.588. The van der Waals surface area contributed by atoms with Crippen LogP contribution in [0.4, 0.5) is 0 Å². The number of ether oxygens (including phenoxy) is 1. The summed E-state index contributed by atoms with van der Waals surface area (Å²) in [6.07, 6.45) is 0. The maximum atomic E-state index is 12.6. The molecule has 2 heterocycles. The minimum atomic E-state index is 0.246. The molecule has 1 atom stereocenters. The highest BCUT2D eigenvalue weighted by Gasteiger charge is 2.29. The standard InChI is InChI=1S/C17H25N3O2/c1-18-7-8-20(13-16(18)15-5-3-2-4-6-15)17(21)14-19-9-11-22-12-10-19/h2-6,16H,7-14H2,1H3/t16-/m1/s1. The topological polar surface area (TPSA) is 36.0 Å². The van der Waals surface area contributed by atoms with E-state index in [2.05, 4.69) is 41.1 Å². The smallest absolute Gasteiger partial charge is 0.236 e. The van der Waals surface area contributed by atoms with Crippen LogP contribution in [-0.4, -0.2) is 80.1 Å². The van der Waals surface area contributed by atoms with Crippen molar-refractivity contribution in [2.45, 2.75) is 6.04 Å². The predicted molar refractivity (Wildman–Crippen MR) is 85.7 cm³/mol. The first kappa shape index (κ1) is 15.5. The van der Waals surface area contributed by atoms with Gasteiger partial charge in [0.05, 0.1) is 25.8 Å². The molecule has 0 aliphatic carbocycles. The number of hydrogen-bond donors (Lipinski definition) is 0. The molecule has 0 saturated carbocycles. The predicted octanol–water partition coefficient (Wildman–Crippen LogP) is 0.834. The van der Waals surface area contributed by atoms with Gasteiger partial charge < -0.3 is 9.64 Å². The number of carbonyl (C=O) groups excluding carboxylic acids is 1. The Morgan fingerprint density at radius 1 is 1.14 bits per heavy atom. The Kier molecular flexibility index (Phi) is 5.08. The Morgan fingerprint density at radius 3 is 2.59 bits per heavy atom. The maximum Gasteiger partial charge on any atom is 0.236 e. The van der Waals surface area contributed by atoms with Gasteiger partial charge in [-0.25, -0.2) is 0 Å². The van der Waals surface area contributed by atoms with E-state index in [1.807, 2.05) is 11.0 Å². The summed E-state index contributed by atoms with van der Waals surface area (Å²) in [5.74, 6) is 0.246. The highest BCUT2D eigenvalue weighted by atomic mass is 16.5. The van der Waals surface area contributed by atoms with Gasteiger partial charge in [-0.05, 0) is 12.6 Å². The fourth-order valence-corrected chi connectivity index (χ4v) is 3.19. The molecule has 2 fully saturated rings. The van der Waals surface area contributed by atoms with E-state index in [1.165, 1.54) is 5.56 Å². The van der Waals surface area contributed by atoms with Gasteiger partial charge in [-0.2, -0.15) is 0 Å². The third-order valence-electron chi connectivity index (χ3n) is 4.65. The van der Waals surface area contributed by atoms with Crippen molar-refractivity contribution >= 4 is 5.91 Å². The van der Waals surface area contributed by atoms with Crippen molar-refractivity contribution < 1.29 is 9.53 Å². The Hall–Kier alpha value is -1.43. The summed E-state index contributed by atoms with van der Waals surface area (Å²) >= 11 is 0. The zero-order valence-corrected chi connectivity index (χ0v) is 13.3. The second-order valence-electron chi connectivity index (χ2n) is 6.14. The minimum absolute atomic E-state index is 0.246. The van der Waals surface area contributed by atoms with Crippen LogP contribution in [0.1, 0.15) is 11.6 Å². The summed E-state index contributed by atoms with van der Waals surface area (Å²) in [7, 11) is 2.14. The van der Waals surface area contributed by atoms with Crippen LogP contribution < -0.4 is 0 Å². The van der Waals surface area contributed by atoms with Crippen LogP contribution in [0.5, 0.6) is 0 Å². The van der Waals surface area contributed by atoms with Crippen LogP contribution in [0.3, 0.4) is 0 Å². The second-order valence-corrected chi connectivity index (χ2v) is 6.14. The molecule has 0 bridgehead atoms. The molecular formula is C17H25N3O2. The Balaban J connectivity index is 1.61. The normalized spacial score (nSPS) is 24.4. The molecule has 0 radical (unpaired) electrons. The molecule has 0 spiro atoms. The lowest BCUT2D eigenvalue weighted by Gasteiger charge is -2.40. The number of benzene rings is 1. The monoisotopic (exact) mass is 303 g/mol. The lowest BCUT2D eigenvalue weighted by atomic mass is 10.0. The van der Waals surface area contributed by atoms with Crippen molar-refractivity contribution in [3.05, 3.63) is 35.9 Å². The van der Waals surface area contributed by atoms with Gasteiger partial charge in [0.15, 0.2) is 0 Å². The summed E-state index contributed by atoms with van der Waals surface area (Å²) < 4.78 is 5.34. The molecule has 120 valence electrons. The van der Waals surface area contributed by atoms with Gasteiger partial charge >= 0.3 is 0 Å². The molecule has 1 aromatic carbocycles. The SMILES string of the molecule is CN1CCN(C(=O)CN2CCOCC2)C[C@@H]1c1ccccc1. The lowest BCUT2D eigenvalue weighted by Crippen LogP contribution is -2.52. The summed E-state index contributed by atoms with van der Waals surface area (Å²) in [5.41, 5.74) is 1.29. The first-order valence-electron chi connectivity index (χ1n) is 8.07. The average Bonchev–Trinajstić information content (AvgIpc) is 2.57. The second kappa shape index (κ2) is 7.22. The summed E-state index contributed by atoms with van der Waals surface area (Å²) in [6.45, 7) is 6.25. The van der Waals surface area contributed by atoms with Crippen LogP contribution in [0.15, 0.2) is 30.3 Å². The number of piperazine rings is 1. The number of morpholine rings is 1. The first-order chi connectivity index (χ1) is 10.7. The highest BCUT2D eigenvalue weighted by Crippen LogP contribution is 2.23. The Labute approximate surface area is 132 Å². The number of rotatable bonds is 3. The van der Waals surface area contributed by atoms with Crippen LogP contribution in [0, 0.1) is 0 Å². The Morgan fingerprint density at radius 2 is 1.86 bits per heavy atom. The van der Waals surface area contributed by atoms with Gasteiger partial charge in [-0.15, -0.1) is 0 Å². The van der Waals surface area contributed by atoms with E-state index >= 15 is 0 Å². The highest BCUT2D eigenvalue weighted by molar-refractivity contribution is 5.78. The van der Waals surface area contributed by atoms with E-state index < -0.39 is 0 Å². The van der Waals surface area contributed by atoms with Crippen LogP contribution in [-0.2, 0) is 9.53 Å². The van der Waals surface area contributed by atoms with Gasteiger partial charge in [0.2, 0.25) is 5.91 Å². The largest absolute Gasteiger partial charge is 0.379 e. The van der Waals surface area contributed by atoms with Crippen LogP contribution in [0.2, 0.25) is 0 Å². The summed E-state index contributed by atoms with van der Waals surface area (Å²) in [6, 6.07) is 10.8. The average molecular weight is 303 g/mol. The number of hydrogen-bond acceptors (Lipinski definition) is 4. The fourth-order valence-electron chi connectivity index (χ4n) is 3.19. The maximum absolute atomic E-state index is 12.6. The van der Waals surface area contributed by atoms with Gasteiger partial charge in [0.25, 0.3) is 0 Å². The number of likely N-dealkylation sites (N-methyl/N-ethyl adjacent to an activating group) is 1. The molecule has 5 nitrogen and oxygen atoms in total. The molecule has 0 N–H and O–H groups in total. The molecule has 1 aromatic rings. The van der Waals surface area contributed by atoms with Crippen molar-refractivity contribution in [2.75, 3.05) is 59.5 Å². The number of nitrogens with zero attached hydrogens (tertiary/aromatic N) is 3. The van der Waals surface area contributed by atoms with Crippen molar-refractivity contribution in [3.8, 4) is 0 Å². The van der Waals surface area contributed by atoms with E-state index in [0.29, 0.717) is 12.6 Å². The van der Waals surface area contributed by atoms with Crippen LogP contribution >= 0.6 is 0 Å². The van der Waals surface area contributed by atoms with Crippen LogP contribution in [0.25, 0.3) is 0 Å². The zero-order valence-electron chi connectivity index (χ0n) is 13.3. The Bertz CT molecular complexity index is 488. The molecular weight excluding hydrogens is 278 g/mol. The van der Waals surface area contributed by atoms with Crippen molar-refractivity contribution in [3.63, 3.8) is 0 Å². The lowest BCUT2D eigenvalue weighted by molar-refractivity contribution is -0.136.